The summed E-state index contributed by atoms with van der Waals surface area (Å²) in [7, 11) is 0. The summed E-state index contributed by atoms with van der Waals surface area (Å²) in [6.07, 6.45) is 0. The lowest BCUT2D eigenvalue weighted by Crippen LogP contribution is -2.33. The molecule has 5 rings (SSSR count). The maximum absolute atomic E-state index is 13.2. The van der Waals surface area contributed by atoms with Gasteiger partial charge < -0.3 is 14.8 Å². The van der Waals surface area contributed by atoms with E-state index in [1.807, 2.05) is 61.5 Å². The normalized spacial score (nSPS) is 15.3. The van der Waals surface area contributed by atoms with E-state index in [1.165, 1.54) is 0 Å². The summed E-state index contributed by atoms with van der Waals surface area (Å²) < 4.78 is 12.4. The van der Waals surface area contributed by atoms with Crippen LogP contribution in [-0.2, 0) is 10.3 Å². The molecule has 2 heterocycles. The van der Waals surface area contributed by atoms with E-state index >= 15 is 0 Å². The van der Waals surface area contributed by atoms with Crippen molar-refractivity contribution in [1.29, 1.82) is 0 Å². The fourth-order valence-electron chi connectivity index (χ4n) is 4.48. The van der Waals surface area contributed by atoms with Gasteiger partial charge in [-0.1, -0.05) is 36.4 Å². The first-order valence-electron chi connectivity index (χ1n) is 9.56. The first-order valence-corrected chi connectivity index (χ1v) is 9.56. The van der Waals surface area contributed by atoms with Crippen molar-refractivity contribution in [2.45, 2.75) is 26.4 Å². The second-order valence-electron chi connectivity index (χ2n) is 7.31. The summed E-state index contributed by atoms with van der Waals surface area (Å²) in [6, 6.07) is 17.7. The standard InChI is InChI=1S/C24H21NO3/c1-4-25-18-13-14(2)15(3)22-21(18)23(26)28-24(22)16-9-5-7-11-19(16)27-20-12-8-6-10-17(20)24/h5-13,25H,4H2,1-3H3. The van der Waals surface area contributed by atoms with Crippen LogP contribution in [0.5, 0.6) is 11.5 Å². The molecular weight excluding hydrogens is 350 g/mol. The van der Waals surface area contributed by atoms with Crippen molar-refractivity contribution in [2.75, 3.05) is 11.9 Å². The van der Waals surface area contributed by atoms with Crippen molar-refractivity contribution < 1.29 is 14.3 Å². The average Bonchev–Trinajstić information content (AvgIpc) is 3.00. The van der Waals surface area contributed by atoms with Crippen LogP contribution in [0.3, 0.4) is 0 Å². The highest BCUT2D eigenvalue weighted by Crippen LogP contribution is 2.57. The van der Waals surface area contributed by atoms with Crippen molar-refractivity contribution in [1.82, 2.24) is 0 Å². The molecule has 0 fully saturated rings. The minimum atomic E-state index is -1.00. The molecule has 0 bridgehead atoms. The maximum Gasteiger partial charge on any atom is 0.342 e. The van der Waals surface area contributed by atoms with Crippen LogP contribution in [0.4, 0.5) is 5.69 Å². The van der Waals surface area contributed by atoms with Crippen LogP contribution in [-0.4, -0.2) is 12.5 Å². The lowest BCUT2D eigenvalue weighted by Gasteiger charge is -2.37. The number of anilines is 1. The molecule has 0 saturated carbocycles. The number of rotatable bonds is 2. The summed E-state index contributed by atoms with van der Waals surface area (Å²) in [5.41, 5.74) is 5.26. The van der Waals surface area contributed by atoms with Gasteiger partial charge in [0.15, 0.2) is 5.60 Å². The van der Waals surface area contributed by atoms with Crippen molar-refractivity contribution in [3.05, 3.63) is 88.0 Å². The number of ether oxygens (including phenoxy) is 2. The molecule has 0 aliphatic carbocycles. The van der Waals surface area contributed by atoms with E-state index in [1.54, 1.807) is 0 Å². The molecule has 1 spiro atoms. The number of para-hydroxylation sites is 2. The van der Waals surface area contributed by atoms with E-state index < -0.39 is 5.60 Å². The first kappa shape index (κ1) is 16.9. The van der Waals surface area contributed by atoms with Gasteiger partial charge in [-0.05, 0) is 50.1 Å². The van der Waals surface area contributed by atoms with Gasteiger partial charge in [0.1, 0.15) is 11.5 Å². The van der Waals surface area contributed by atoms with E-state index in [-0.39, 0.29) is 5.97 Å². The number of aryl methyl sites for hydroxylation is 1. The number of carbonyl (C=O) groups is 1. The van der Waals surface area contributed by atoms with Gasteiger partial charge >= 0.3 is 5.97 Å². The molecule has 4 heteroatoms. The fraction of sp³-hybridized carbons (Fsp3) is 0.208. The van der Waals surface area contributed by atoms with Crippen LogP contribution in [0.15, 0.2) is 54.6 Å². The van der Waals surface area contributed by atoms with Gasteiger partial charge in [0.25, 0.3) is 0 Å². The monoisotopic (exact) mass is 371 g/mol. The molecule has 4 nitrogen and oxygen atoms in total. The third kappa shape index (κ3) is 2.03. The third-order valence-corrected chi connectivity index (χ3v) is 5.77. The number of nitrogens with one attached hydrogen (secondary N) is 1. The molecule has 140 valence electrons. The summed E-state index contributed by atoms with van der Waals surface area (Å²) in [4.78, 5) is 13.2. The van der Waals surface area contributed by atoms with E-state index in [4.69, 9.17) is 9.47 Å². The Bertz CT molecular complexity index is 1090. The van der Waals surface area contributed by atoms with Gasteiger partial charge in [-0.2, -0.15) is 0 Å². The van der Waals surface area contributed by atoms with E-state index in [0.717, 1.165) is 40.0 Å². The number of fused-ring (bicyclic) bond motifs is 6. The molecule has 0 radical (unpaired) electrons. The Hall–Kier alpha value is -3.27. The lowest BCUT2D eigenvalue weighted by atomic mass is 9.75. The van der Waals surface area contributed by atoms with Crippen LogP contribution in [0.25, 0.3) is 0 Å². The quantitative estimate of drug-likeness (QED) is 0.621. The third-order valence-electron chi connectivity index (χ3n) is 5.77. The summed E-state index contributed by atoms with van der Waals surface area (Å²) >= 11 is 0. The van der Waals surface area contributed by atoms with E-state index in [0.29, 0.717) is 17.1 Å². The molecule has 1 N–H and O–H groups in total. The van der Waals surface area contributed by atoms with Crippen LogP contribution >= 0.6 is 0 Å². The largest absolute Gasteiger partial charge is 0.456 e. The first-order chi connectivity index (χ1) is 13.6. The van der Waals surface area contributed by atoms with Gasteiger partial charge in [0.05, 0.1) is 5.56 Å². The molecular formula is C24H21NO3. The topological polar surface area (TPSA) is 47.6 Å². The van der Waals surface area contributed by atoms with Gasteiger partial charge in [-0.25, -0.2) is 4.79 Å². The molecule has 2 aliphatic heterocycles. The van der Waals surface area contributed by atoms with Gasteiger partial charge in [0.2, 0.25) is 0 Å². The molecule has 3 aromatic carbocycles. The summed E-state index contributed by atoms with van der Waals surface area (Å²) in [6.45, 7) is 6.89. The molecule has 0 unspecified atom stereocenters. The maximum atomic E-state index is 13.2. The van der Waals surface area contributed by atoms with E-state index in [2.05, 4.69) is 19.2 Å². The van der Waals surface area contributed by atoms with Crippen molar-refractivity contribution in [3.8, 4) is 11.5 Å². The second-order valence-corrected chi connectivity index (χ2v) is 7.31. The van der Waals surface area contributed by atoms with Crippen LogP contribution in [0, 0.1) is 13.8 Å². The van der Waals surface area contributed by atoms with Crippen LogP contribution < -0.4 is 10.1 Å². The molecule has 2 aliphatic rings. The van der Waals surface area contributed by atoms with Crippen molar-refractivity contribution >= 4 is 11.7 Å². The van der Waals surface area contributed by atoms with Gasteiger partial charge in [0, 0.05) is 28.9 Å². The van der Waals surface area contributed by atoms with Crippen LogP contribution in [0.2, 0.25) is 0 Å². The number of carbonyl (C=O) groups excluding carboxylic acids is 1. The Morgan fingerprint density at radius 3 is 2.18 bits per heavy atom. The Kier molecular flexibility index (Phi) is 3.53. The van der Waals surface area contributed by atoms with Gasteiger partial charge in [-0.15, -0.1) is 0 Å². The minimum Gasteiger partial charge on any atom is -0.456 e. The predicted octanol–water partition coefficient (Wildman–Crippen LogP) is 5.30. The zero-order chi connectivity index (χ0) is 19.5. The Labute approximate surface area is 164 Å². The smallest absolute Gasteiger partial charge is 0.342 e. The zero-order valence-corrected chi connectivity index (χ0v) is 16.1. The number of hydrogen-bond acceptors (Lipinski definition) is 4. The Morgan fingerprint density at radius 1 is 0.964 bits per heavy atom. The van der Waals surface area contributed by atoms with Crippen LogP contribution in [0.1, 0.15) is 45.1 Å². The van der Waals surface area contributed by atoms with E-state index in [9.17, 15) is 4.79 Å². The Morgan fingerprint density at radius 2 is 1.57 bits per heavy atom. The lowest BCUT2D eigenvalue weighted by molar-refractivity contribution is 0.0223. The average molecular weight is 371 g/mol. The molecule has 0 aromatic heterocycles. The molecule has 28 heavy (non-hydrogen) atoms. The summed E-state index contributed by atoms with van der Waals surface area (Å²) in [5, 5.41) is 3.34. The molecule has 0 atom stereocenters. The highest BCUT2D eigenvalue weighted by Gasteiger charge is 2.55. The Balaban J connectivity index is 1.94. The highest BCUT2D eigenvalue weighted by molar-refractivity contribution is 6.03. The molecule has 3 aromatic rings. The second kappa shape index (κ2) is 5.86. The highest BCUT2D eigenvalue weighted by atomic mass is 16.6. The zero-order valence-electron chi connectivity index (χ0n) is 16.1. The molecule has 0 saturated heterocycles. The van der Waals surface area contributed by atoms with Crippen molar-refractivity contribution in [3.63, 3.8) is 0 Å². The SMILES string of the molecule is CCNc1cc(C)c(C)c2c1C(=O)OC21c2ccccc2Oc2ccccc21. The number of esters is 1. The minimum absolute atomic E-state index is 0.305. The molecule has 0 amide bonds. The van der Waals surface area contributed by atoms with Crippen molar-refractivity contribution in [2.24, 2.45) is 0 Å². The summed E-state index contributed by atoms with van der Waals surface area (Å²) in [5.74, 6) is 1.13. The number of benzene rings is 3. The fourth-order valence-corrected chi connectivity index (χ4v) is 4.48. The predicted molar refractivity (Wildman–Crippen MR) is 108 cm³/mol. The number of hydrogen-bond donors (Lipinski definition) is 1. The van der Waals surface area contributed by atoms with Gasteiger partial charge in [-0.3, -0.25) is 0 Å².